The number of fused-ring (bicyclic) bond motifs is 1. The molecule has 96 valence electrons. The quantitative estimate of drug-likeness (QED) is 0.805. The number of aromatic nitrogens is 5. The van der Waals surface area contributed by atoms with Crippen LogP contribution in [0.3, 0.4) is 0 Å². The molecule has 7 heteroatoms. The topological polar surface area (TPSA) is 59.2 Å². The lowest BCUT2D eigenvalue weighted by molar-refractivity contribution is 0.405. The van der Waals surface area contributed by atoms with Crippen molar-refractivity contribution in [3.63, 3.8) is 0 Å². The molecule has 0 radical (unpaired) electrons. The Hall–Kier alpha value is -1.24. The second-order valence-electron chi connectivity index (χ2n) is 4.65. The Morgan fingerprint density at radius 1 is 1.39 bits per heavy atom. The number of tetrazole rings is 1. The van der Waals surface area contributed by atoms with E-state index in [4.69, 9.17) is 0 Å². The molecule has 0 spiro atoms. The number of hydrogen-bond acceptors (Lipinski definition) is 5. The van der Waals surface area contributed by atoms with Crippen LogP contribution in [0.4, 0.5) is 5.82 Å². The second-order valence-corrected chi connectivity index (χ2v) is 5.44. The highest BCUT2D eigenvalue weighted by Crippen LogP contribution is 2.24. The fourth-order valence-electron chi connectivity index (χ4n) is 2.47. The van der Waals surface area contributed by atoms with Gasteiger partial charge in [-0.1, -0.05) is 15.9 Å². The summed E-state index contributed by atoms with van der Waals surface area (Å²) < 4.78 is 1.49. The molecule has 3 rings (SSSR count). The number of halogens is 1. The van der Waals surface area contributed by atoms with Crippen LogP contribution in [0.2, 0.25) is 0 Å². The molecule has 1 saturated heterocycles. The average molecular weight is 311 g/mol. The van der Waals surface area contributed by atoms with E-state index in [1.807, 2.05) is 12.1 Å². The van der Waals surface area contributed by atoms with Gasteiger partial charge in [0.1, 0.15) is 0 Å². The average Bonchev–Trinajstić information content (AvgIpc) is 2.86. The molecule has 6 nitrogen and oxygen atoms in total. The van der Waals surface area contributed by atoms with E-state index in [0.29, 0.717) is 5.65 Å². The van der Waals surface area contributed by atoms with Gasteiger partial charge < -0.3 is 4.90 Å². The van der Waals surface area contributed by atoms with Crippen LogP contribution in [0.15, 0.2) is 12.1 Å². The molecule has 2 aromatic rings. The van der Waals surface area contributed by atoms with Crippen LogP contribution in [0.1, 0.15) is 19.3 Å². The van der Waals surface area contributed by atoms with Gasteiger partial charge in [0.15, 0.2) is 11.5 Å². The van der Waals surface area contributed by atoms with E-state index >= 15 is 0 Å². The van der Waals surface area contributed by atoms with E-state index in [1.54, 1.807) is 0 Å². The molecule has 1 aliphatic rings. The van der Waals surface area contributed by atoms with Gasteiger partial charge in [0, 0.05) is 18.4 Å². The van der Waals surface area contributed by atoms with Crippen LogP contribution < -0.4 is 4.90 Å². The van der Waals surface area contributed by atoms with Crippen molar-refractivity contribution in [2.75, 3.05) is 23.3 Å². The van der Waals surface area contributed by atoms with Gasteiger partial charge in [-0.3, -0.25) is 0 Å². The summed E-state index contributed by atoms with van der Waals surface area (Å²) in [6.45, 7) is 2.14. The lowest BCUT2D eigenvalue weighted by atomic mass is 9.96. The smallest absolute Gasteiger partial charge is 0.200 e. The SMILES string of the molecule is BrCCC1CCCN(c2ccc3nnnn3n2)C1. The number of piperidine rings is 1. The van der Waals surface area contributed by atoms with Gasteiger partial charge in [-0.15, -0.1) is 14.8 Å². The van der Waals surface area contributed by atoms with Gasteiger partial charge in [0.2, 0.25) is 0 Å². The summed E-state index contributed by atoms with van der Waals surface area (Å²) in [5.41, 5.74) is 0.688. The molecule has 0 aromatic carbocycles. The summed E-state index contributed by atoms with van der Waals surface area (Å²) in [5, 5.41) is 16.8. The van der Waals surface area contributed by atoms with Crippen molar-refractivity contribution < 1.29 is 0 Å². The van der Waals surface area contributed by atoms with E-state index < -0.39 is 0 Å². The van der Waals surface area contributed by atoms with Crippen molar-refractivity contribution in [1.82, 2.24) is 25.3 Å². The molecule has 0 bridgehead atoms. The van der Waals surface area contributed by atoms with Gasteiger partial charge in [0.05, 0.1) is 0 Å². The summed E-state index contributed by atoms with van der Waals surface area (Å²) in [7, 11) is 0. The van der Waals surface area contributed by atoms with Gasteiger partial charge in [-0.2, -0.15) is 0 Å². The molecule has 1 fully saturated rings. The van der Waals surface area contributed by atoms with E-state index in [9.17, 15) is 0 Å². The zero-order valence-electron chi connectivity index (χ0n) is 10.0. The van der Waals surface area contributed by atoms with Crippen molar-refractivity contribution in [3.8, 4) is 0 Å². The van der Waals surface area contributed by atoms with Crippen molar-refractivity contribution >= 4 is 27.4 Å². The van der Waals surface area contributed by atoms with E-state index in [1.165, 1.54) is 23.9 Å². The van der Waals surface area contributed by atoms with Crippen LogP contribution in [0, 0.1) is 5.92 Å². The predicted octanol–water partition coefficient (Wildman–Crippen LogP) is 1.52. The van der Waals surface area contributed by atoms with Crippen molar-refractivity contribution in [1.29, 1.82) is 0 Å². The van der Waals surface area contributed by atoms with Crippen LogP contribution >= 0.6 is 15.9 Å². The zero-order valence-corrected chi connectivity index (χ0v) is 11.6. The van der Waals surface area contributed by atoms with Crippen molar-refractivity contribution in [2.24, 2.45) is 5.92 Å². The number of nitrogens with zero attached hydrogens (tertiary/aromatic N) is 6. The first kappa shape index (κ1) is 11.8. The van der Waals surface area contributed by atoms with E-state index in [-0.39, 0.29) is 0 Å². The fourth-order valence-corrected chi connectivity index (χ4v) is 3.12. The van der Waals surface area contributed by atoms with Crippen LogP contribution in [-0.2, 0) is 0 Å². The Kier molecular flexibility index (Phi) is 3.40. The number of anilines is 1. The summed E-state index contributed by atoms with van der Waals surface area (Å²) >= 11 is 3.52. The molecule has 18 heavy (non-hydrogen) atoms. The highest BCUT2D eigenvalue weighted by molar-refractivity contribution is 9.09. The lowest BCUT2D eigenvalue weighted by Gasteiger charge is -2.33. The molecule has 0 aliphatic carbocycles. The molecule has 0 saturated carbocycles. The molecular weight excluding hydrogens is 296 g/mol. The van der Waals surface area contributed by atoms with E-state index in [0.717, 1.165) is 30.2 Å². The van der Waals surface area contributed by atoms with Crippen molar-refractivity contribution in [3.05, 3.63) is 12.1 Å². The third kappa shape index (κ3) is 2.31. The third-order valence-electron chi connectivity index (χ3n) is 3.42. The maximum Gasteiger partial charge on any atom is 0.200 e. The van der Waals surface area contributed by atoms with Gasteiger partial charge >= 0.3 is 0 Å². The first-order valence-corrected chi connectivity index (χ1v) is 7.35. The largest absolute Gasteiger partial charge is 0.355 e. The Bertz CT molecular complexity index is 525. The number of hydrogen-bond donors (Lipinski definition) is 0. The minimum absolute atomic E-state index is 0.688. The molecular formula is C11H15BrN6. The van der Waals surface area contributed by atoms with Gasteiger partial charge in [-0.25, -0.2) is 0 Å². The maximum atomic E-state index is 4.45. The number of alkyl halides is 1. The summed E-state index contributed by atoms with van der Waals surface area (Å²) in [5.74, 6) is 1.72. The molecule has 2 aromatic heterocycles. The number of rotatable bonds is 3. The Morgan fingerprint density at radius 3 is 3.22 bits per heavy atom. The summed E-state index contributed by atoms with van der Waals surface area (Å²) in [6, 6.07) is 3.92. The summed E-state index contributed by atoms with van der Waals surface area (Å²) in [6.07, 6.45) is 3.77. The molecule has 1 atom stereocenters. The molecule has 3 heterocycles. The summed E-state index contributed by atoms with van der Waals surface area (Å²) in [4.78, 5) is 2.33. The lowest BCUT2D eigenvalue weighted by Crippen LogP contribution is -2.36. The molecule has 0 N–H and O–H groups in total. The van der Waals surface area contributed by atoms with Crippen LogP contribution in [-0.4, -0.2) is 43.7 Å². The highest BCUT2D eigenvalue weighted by atomic mass is 79.9. The third-order valence-corrected chi connectivity index (χ3v) is 3.87. The zero-order chi connectivity index (χ0) is 12.4. The predicted molar refractivity (Wildman–Crippen MR) is 71.9 cm³/mol. The van der Waals surface area contributed by atoms with Gasteiger partial charge in [-0.05, 0) is 47.7 Å². The minimum atomic E-state index is 0.688. The molecule has 1 unspecified atom stereocenters. The Balaban J connectivity index is 1.80. The van der Waals surface area contributed by atoms with E-state index in [2.05, 4.69) is 41.5 Å². The first-order chi connectivity index (χ1) is 8.86. The first-order valence-electron chi connectivity index (χ1n) is 6.23. The normalized spacial score (nSPS) is 20.5. The maximum absolute atomic E-state index is 4.45. The fraction of sp³-hybridized carbons (Fsp3) is 0.636. The second kappa shape index (κ2) is 5.17. The van der Waals surface area contributed by atoms with Crippen molar-refractivity contribution in [2.45, 2.75) is 19.3 Å². The molecule has 1 aliphatic heterocycles. The standard InChI is InChI=1S/C11H15BrN6/c12-6-5-9-2-1-7-17(8-9)11-4-3-10-13-15-16-18(10)14-11/h3-4,9H,1-2,5-8H2. The molecule has 0 amide bonds. The highest BCUT2D eigenvalue weighted by Gasteiger charge is 2.20. The monoisotopic (exact) mass is 310 g/mol. The van der Waals surface area contributed by atoms with Gasteiger partial charge in [0.25, 0.3) is 0 Å². The van der Waals surface area contributed by atoms with Crippen LogP contribution in [0.5, 0.6) is 0 Å². The Morgan fingerprint density at radius 2 is 2.33 bits per heavy atom. The minimum Gasteiger partial charge on any atom is -0.355 e. The Labute approximate surface area is 113 Å². The van der Waals surface area contributed by atoms with Crippen LogP contribution in [0.25, 0.3) is 5.65 Å².